The maximum atomic E-state index is 5.68. The predicted molar refractivity (Wildman–Crippen MR) is 75.1 cm³/mol. The van der Waals surface area contributed by atoms with E-state index in [1.807, 2.05) is 0 Å². The Hall–Kier alpha value is -1.06. The van der Waals surface area contributed by atoms with Gasteiger partial charge in [-0.15, -0.1) is 0 Å². The smallest absolute Gasteiger partial charge is 0.119 e. The van der Waals surface area contributed by atoms with E-state index in [0.29, 0.717) is 6.04 Å². The van der Waals surface area contributed by atoms with Crippen LogP contribution in [-0.2, 0) is 0 Å². The summed E-state index contributed by atoms with van der Waals surface area (Å²) in [5.41, 5.74) is 1.38. The number of rotatable bonds is 3. The minimum Gasteiger partial charge on any atom is -0.491 e. The van der Waals surface area contributed by atoms with Crippen LogP contribution in [0.2, 0.25) is 0 Å². The summed E-state index contributed by atoms with van der Waals surface area (Å²) in [5, 5.41) is 0. The van der Waals surface area contributed by atoms with Crippen LogP contribution in [0.15, 0.2) is 24.3 Å². The van der Waals surface area contributed by atoms with Gasteiger partial charge in [-0.25, -0.2) is 0 Å². The van der Waals surface area contributed by atoms with Crippen LogP contribution in [-0.4, -0.2) is 49.6 Å². The molecule has 1 aliphatic heterocycles. The Morgan fingerprint density at radius 3 is 2.39 bits per heavy atom. The van der Waals surface area contributed by atoms with Gasteiger partial charge in [0.25, 0.3) is 0 Å². The maximum Gasteiger partial charge on any atom is 0.119 e. The molecule has 18 heavy (non-hydrogen) atoms. The quantitative estimate of drug-likeness (QED) is 0.817. The zero-order valence-electron chi connectivity index (χ0n) is 11.9. The van der Waals surface area contributed by atoms with E-state index in [4.69, 9.17) is 4.74 Å². The zero-order valence-corrected chi connectivity index (χ0v) is 11.9. The molecule has 1 aromatic rings. The maximum absolute atomic E-state index is 5.68. The van der Waals surface area contributed by atoms with Crippen molar-refractivity contribution in [2.75, 3.05) is 33.7 Å². The van der Waals surface area contributed by atoms with Gasteiger partial charge in [0.2, 0.25) is 0 Å². The second kappa shape index (κ2) is 5.72. The number of ether oxygens (including phenoxy) is 1. The topological polar surface area (TPSA) is 15.7 Å². The van der Waals surface area contributed by atoms with Gasteiger partial charge in [0.15, 0.2) is 0 Å². The second-order valence-electron chi connectivity index (χ2n) is 5.49. The van der Waals surface area contributed by atoms with Crippen molar-refractivity contribution in [2.24, 2.45) is 0 Å². The van der Waals surface area contributed by atoms with Crippen molar-refractivity contribution < 1.29 is 4.74 Å². The monoisotopic (exact) mass is 248 g/mol. The minimum absolute atomic E-state index is 0.235. The predicted octanol–water partition coefficient (Wildman–Crippen LogP) is 2.39. The molecule has 3 heteroatoms. The van der Waals surface area contributed by atoms with E-state index in [1.54, 1.807) is 0 Å². The van der Waals surface area contributed by atoms with E-state index in [-0.39, 0.29) is 6.10 Å². The summed E-state index contributed by atoms with van der Waals surface area (Å²) in [7, 11) is 4.40. The third-order valence-electron chi connectivity index (χ3n) is 3.49. The SMILES string of the molecule is CC(C)Oc1ccc(C2CN(C)CCN2C)cc1. The second-order valence-corrected chi connectivity index (χ2v) is 5.49. The highest BCUT2D eigenvalue weighted by Crippen LogP contribution is 2.25. The number of hydrogen-bond acceptors (Lipinski definition) is 3. The largest absolute Gasteiger partial charge is 0.491 e. The van der Waals surface area contributed by atoms with Crippen LogP contribution < -0.4 is 4.74 Å². The first-order valence-electron chi connectivity index (χ1n) is 6.71. The van der Waals surface area contributed by atoms with Gasteiger partial charge in [0.1, 0.15) is 5.75 Å². The Morgan fingerprint density at radius 1 is 1.11 bits per heavy atom. The van der Waals surface area contributed by atoms with Crippen LogP contribution in [0.4, 0.5) is 0 Å². The molecule has 0 aliphatic carbocycles. The third-order valence-corrected chi connectivity index (χ3v) is 3.49. The molecule has 1 atom stereocenters. The molecule has 0 N–H and O–H groups in total. The van der Waals surface area contributed by atoms with Crippen molar-refractivity contribution in [2.45, 2.75) is 26.0 Å². The highest BCUT2D eigenvalue weighted by atomic mass is 16.5. The Balaban J connectivity index is 2.08. The summed E-state index contributed by atoms with van der Waals surface area (Å²) in [6, 6.07) is 9.04. The van der Waals surface area contributed by atoms with Gasteiger partial charge in [0, 0.05) is 25.7 Å². The standard InChI is InChI=1S/C15H24N2O/c1-12(2)18-14-7-5-13(6-8-14)15-11-16(3)9-10-17(15)4/h5-8,12,15H,9-11H2,1-4H3. The molecule has 1 unspecified atom stereocenters. The van der Waals surface area contributed by atoms with E-state index in [9.17, 15) is 0 Å². The van der Waals surface area contributed by atoms with Crippen molar-refractivity contribution in [1.29, 1.82) is 0 Å². The molecule has 0 saturated carbocycles. The fourth-order valence-electron chi connectivity index (χ4n) is 2.41. The summed E-state index contributed by atoms with van der Waals surface area (Å²) in [6.07, 6.45) is 0.235. The van der Waals surface area contributed by atoms with Crippen LogP contribution in [0.1, 0.15) is 25.5 Å². The Bertz CT molecular complexity index is 375. The molecule has 1 heterocycles. The van der Waals surface area contributed by atoms with E-state index in [2.05, 4.69) is 62.0 Å². The number of likely N-dealkylation sites (N-methyl/N-ethyl adjacent to an activating group) is 2. The summed E-state index contributed by atoms with van der Waals surface area (Å²) in [4.78, 5) is 4.82. The van der Waals surface area contributed by atoms with Gasteiger partial charge in [-0.05, 0) is 45.6 Å². The number of benzene rings is 1. The lowest BCUT2D eigenvalue weighted by Crippen LogP contribution is -2.44. The molecule has 0 spiro atoms. The van der Waals surface area contributed by atoms with Crippen LogP contribution in [0.5, 0.6) is 5.75 Å². The van der Waals surface area contributed by atoms with Crippen molar-refractivity contribution in [3.8, 4) is 5.75 Å². The van der Waals surface area contributed by atoms with Gasteiger partial charge >= 0.3 is 0 Å². The lowest BCUT2D eigenvalue weighted by atomic mass is 10.0. The molecule has 3 nitrogen and oxygen atoms in total. The van der Waals surface area contributed by atoms with Gasteiger partial charge in [0.05, 0.1) is 6.10 Å². The van der Waals surface area contributed by atoms with Crippen LogP contribution in [0, 0.1) is 0 Å². The van der Waals surface area contributed by atoms with Gasteiger partial charge in [-0.1, -0.05) is 12.1 Å². The van der Waals surface area contributed by atoms with Crippen LogP contribution >= 0.6 is 0 Å². The van der Waals surface area contributed by atoms with Gasteiger partial charge in [-0.3, -0.25) is 4.90 Å². The van der Waals surface area contributed by atoms with E-state index in [0.717, 1.165) is 25.4 Å². The molecule has 1 saturated heterocycles. The highest BCUT2D eigenvalue weighted by molar-refractivity contribution is 5.29. The van der Waals surface area contributed by atoms with Gasteiger partial charge < -0.3 is 9.64 Å². The lowest BCUT2D eigenvalue weighted by Gasteiger charge is -2.38. The summed E-state index contributed by atoms with van der Waals surface area (Å²) in [6.45, 7) is 7.49. The lowest BCUT2D eigenvalue weighted by molar-refractivity contribution is 0.115. The Morgan fingerprint density at radius 2 is 1.78 bits per heavy atom. The Labute approximate surface area is 110 Å². The average Bonchev–Trinajstić information content (AvgIpc) is 2.33. The molecule has 100 valence electrons. The first-order valence-corrected chi connectivity index (χ1v) is 6.71. The molecular weight excluding hydrogens is 224 g/mol. The molecule has 2 rings (SSSR count). The molecule has 1 fully saturated rings. The number of nitrogens with zero attached hydrogens (tertiary/aromatic N) is 2. The average molecular weight is 248 g/mol. The number of hydrogen-bond donors (Lipinski definition) is 0. The fourth-order valence-corrected chi connectivity index (χ4v) is 2.41. The van der Waals surface area contributed by atoms with Crippen molar-refractivity contribution in [3.63, 3.8) is 0 Å². The molecule has 0 radical (unpaired) electrons. The molecular formula is C15H24N2O. The van der Waals surface area contributed by atoms with Crippen molar-refractivity contribution in [3.05, 3.63) is 29.8 Å². The highest BCUT2D eigenvalue weighted by Gasteiger charge is 2.23. The van der Waals surface area contributed by atoms with Crippen molar-refractivity contribution in [1.82, 2.24) is 9.80 Å². The summed E-state index contributed by atoms with van der Waals surface area (Å²) < 4.78 is 5.68. The number of piperazine rings is 1. The molecule has 0 amide bonds. The van der Waals surface area contributed by atoms with E-state index in [1.165, 1.54) is 5.56 Å². The Kier molecular flexibility index (Phi) is 4.25. The first-order chi connectivity index (χ1) is 8.56. The van der Waals surface area contributed by atoms with E-state index >= 15 is 0 Å². The van der Waals surface area contributed by atoms with Crippen LogP contribution in [0.25, 0.3) is 0 Å². The first kappa shape index (κ1) is 13.4. The summed E-state index contributed by atoms with van der Waals surface area (Å²) in [5.74, 6) is 0.959. The fraction of sp³-hybridized carbons (Fsp3) is 0.600. The van der Waals surface area contributed by atoms with E-state index < -0.39 is 0 Å². The van der Waals surface area contributed by atoms with Crippen LogP contribution in [0.3, 0.4) is 0 Å². The molecule has 1 aromatic carbocycles. The van der Waals surface area contributed by atoms with Crippen molar-refractivity contribution >= 4 is 0 Å². The normalized spacial score (nSPS) is 22.4. The minimum atomic E-state index is 0.235. The van der Waals surface area contributed by atoms with Gasteiger partial charge in [-0.2, -0.15) is 0 Å². The zero-order chi connectivity index (χ0) is 13.1. The summed E-state index contributed by atoms with van der Waals surface area (Å²) >= 11 is 0. The third kappa shape index (κ3) is 3.24. The molecule has 0 aromatic heterocycles. The molecule has 1 aliphatic rings. The molecule has 0 bridgehead atoms.